The Hall–Kier alpha value is -2.59. The molecule has 25 heavy (non-hydrogen) atoms. The minimum Gasteiger partial charge on any atom is -0.388 e. The lowest BCUT2D eigenvalue weighted by molar-refractivity contribution is -0.121. The lowest BCUT2D eigenvalue weighted by Crippen LogP contribution is -2.34. The Morgan fingerprint density at radius 2 is 1.92 bits per heavy atom. The quantitative estimate of drug-likeness (QED) is 0.643. The van der Waals surface area contributed by atoms with E-state index < -0.39 is 6.10 Å². The van der Waals surface area contributed by atoms with Crippen molar-refractivity contribution in [1.82, 2.24) is 10.3 Å². The molecular formula is C21H24N2O2. The number of hydrogen-bond donors (Lipinski definition) is 3. The second kappa shape index (κ2) is 7.53. The third-order valence-corrected chi connectivity index (χ3v) is 4.52. The molecule has 0 radical (unpaired) electrons. The van der Waals surface area contributed by atoms with Gasteiger partial charge in [0.2, 0.25) is 5.91 Å². The van der Waals surface area contributed by atoms with Gasteiger partial charge in [-0.05, 0) is 43.0 Å². The summed E-state index contributed by atoms with van der Waals surface area (Å²) in [5, 5.41) is 14.4. The Balaban J connectivity index is 1.60. The maximum Gasteiger partial charge on any atom is 0.224 e. The van der Waals surface area contributed by atoms with E-state index in [4.69, 9.17) is 0 Å². The number of aryl methyl sites for hydroxylation is 1. The Bertz CT molecular complexity index is 855. The van der Waals surface area contributed by atoms with E-state index in [1.807, 2.05) is 55.6 Å². The first kappa shape index (κ1) is 17.2. The van der Waals surface area contributed by atoms with Gasteiger partial charge in [0.25, 0.3) is 0 Å². The first-order valence-corrected chi connectivity index (χ1v) is 8.62. The molecule has 4 heteroatoms. The fourth-order valence-electron chi connectivity index (χ4n) is 3.29. The summed E-state index contributed by atoms with van der Waals surface area (Å²) >= 11 is 0. The molecule has 0 aliphatic rings. The van der Waals surface area contributed by atoms with Gasteiger partial charge >= 0.3 is 0 Å². The number of aromatic amines is 1. The van der Waals surface area contributed by atoms with E-state index in [9.17, 15) is 9.90 Å². The van der Waals surface area contributed by atoms with Crippen molar-refractivity contribution in [2.75, 3.05) is 0 Å². The van der Waals surface area contributed by atoms with Crippen LogP contribution in [0, 0.1) is 6.92 Å². The molecule has 1 heterocycles. The third-order valence-electron chi connectivity index (χ3n) is 4.52. The Labute approximate surface area is 147 Å². The van der Waals surface area contributed by atoms with Gasteiger partial charge in [-0.15, -0.1) is 0 Å². The van der Waals surface area contributed by atoms with Gasteiger partial charge < -0.3 is 15.4 Å². The predicted octanol–water partition coefficient (Wildman–Crippen LogP) is 3.65. The van der Waals surface area contributed by atoms with Crippen molar-refractivity contribution in [2.45, 2.75) is 38.8 Å². The van der Waals surface area contributed by atoms with Crippen LogP contribution in [0.15, 0.2) is 54.7 Å². The van der Waals surface area contributed by atoms with Crippen LogP contribution in [0.25, 0.3) is 10.9 Å². The topological polar surface area (TPSA) is 65.1 Å². The largest absolute Gasteiger partial charge is 0.388 e. The van der Waals surface area contributed by atoms with E-state index in [1.165, 1.54) is 0 Å². The summed E-state index contributed by atoms with van der Waals surface area (Å²) in [6.07, 6.45) is 2.15. The summed E-state index contributed by atoms with van der Waals surface area (Å²) in [5.74, 6) is -0.0306. The van der Waals surface area contributed by atoms with Crippen molar-refractivity contribution in [1.29, 1.82) is 0 Å². The molecule has 0 fully saturated rings. The van der Waals surface area contributed by atoms with Crippen LogP contribution >= 0.6 is 0 Å². The average molecular weight is 336 g/mol. The number of amides is 1. The number of rotatable bonds is 6. The minimum atomic E-state index is -0.577. The summed E-state index contributed by atoms with van der Waals surface area (Å²) < 4.78 is 0. The van der Waals surface area contributed by atoms with Crippen LogP contribution in [-0.4, -0.2) is 22.0 Å². The number of fused-ring (bicyclic) bond motifs is 1. The molecule has 1 aromatic heterocycles. The maximum absolute atomic E-state index is 12.4. The Morgan fingerprint density at radius 3 is 2.68 bits per heavy atom. The van der Waals surface area contributed by atoms with Crippen LogP contribution in [0.2, 0.25) is 0 Å². The first-order valence-electron chi connectivity index (χ1n) is 8.62. The molecule has 3 rings (SSSR count). The van der Waals surface area contributed by atoms with Gasteiger partial charge in [0.05, 0.1) is 12.5 Å². The molecule has 1 amide bonds. The highest BCUT2D eigenvalue weighted by Gasteiger charge is 2.16. The van der Waals surface area contributed by atoms with E-state index in [2.05, 4.69) is 23.3 Å². The van der Waals surface area contributed by atoms with Crippen molar-refractivity contribution in [2.24, 2.45) is 0 Å². The van der Waals surface area contributed by atoms with E-state index >= 15 is 0 Å². The molecule has 0 aliphatic heterocycles. The number of aromatic nitrogens is 1. The van der Waals surface area contributed by atoms with Crippen LogP contribution in [0.5, 0.6) is 0 Å². The van der Waals surface area contributed by atoms with Crippen molar-refractivity contribution in [3.63, 3.8) is 0 Å². The molecule has 4 nitrogen and oxygen atoms in total. The fraction of sp³-hybridized carbons (Fsp3) is 0.286. The van der Waals surface area contributed by atoms with E-state index in [-0.39, 0.29) is 11.9 Å². The fourth-order valence-corrected chi connectivity index (χ4v) is 3.29. The van der Waals surface area contributed by atoms with Crippen LogP contribution in [-0.2, 0) is 11.2 Å². The predicted molar refractivity (Wildman–Crippen MR) is 100 cm³/mol. The number of carbonyl (C=O) groups excluding carboxylic acids is 1. The highest BCUT2D eigenvalue weighted by Crippen LogP contribution is 2.23. The summed E-state index contributed by atoms with van der Waals surface area (Å²) in [7, 11) is 0. The molecule has 0 aliphatic carbocycles. The molecule has 3 N–H and O–H groups in total. The molecule has 0 saturated carbocycles. The van der Waals surface area contributed by atoms with Gasteiger partial charge in [0.15, 0.2) is 0 Å². The normalized spacial score (nSPS) is 13.6. The molecule has 0 bridgehead atoms. The lowest BCUT2D eigenvalue weighted by Gasteiger charge is -2.18. The summed E-state index contributed by atoms with van der Waals surface area (Å²) in [4.78, 5) is 15.6. The Kier molecular flexibility index (Phi) is 5.19. The second-order valence-corrected chi connectivity index (χ2v) is 6.62. The highest BCUT2D eigenvalue weighted by atomic mass is 16.3. The van der Waals surface area contributed by atoms with Gasteiger partial charge in [0.1, 0.15) is 0 Å². The summed E-state index contributed by atoms with van der Waals surface area (Å²) in [6.45, 7) is 3.97. The molecular weight excluding hydrogens is 312 g/mol. The molecule has 2 aromatic carbocycles. The van der Waals surface area contributed by atoms with Crippen LogP contribution in [0.4, 0.5) is 0 Å². The second-order valence-electron chi connectivity index (χ2n) is 6.62. The van der Waals surface area contributed by atoms with Gasteiger partial charge in [-0.1, -0.05) is 42.5 Å². The van der Waals surface area contributed by atoms with Gasteiger partial charge in [-0.2, -0.15) is 0 Å². The SMILES string of the molecule is Cc1cccc2[nH]cc(CC(=O)NC(C)CC(O)c3ccccc3)c12. The van der Waals surface area contributed by atoms with Crippen molar-refractivity contribution < 1.29 is 9.90 Å². The zero-order valence-electron chi connectivity index (χ0n) is 14.6. The minimum absolute atomic E-state index is 0.0306. The Morgan fingerprint density at radius 1 is 1.16 bits per heavy atom. The number of nitrogens with one attached hydrogen (secondary N) is 2. The molecule has 3 aromatic rings. The summed E-state index contributed by atoms with van der Waals surface area (Å²) in [6, 6.07) is 15.5. The smallest absolute Gasteiger partial charge is 0.224 e. The van der Waals surface area contributed by atoms with Gasteiger partial charge in [-0.25, -0.2) is 0 Å². The van der Waals surface area contributed by atoms with E-state index in [1.54, 1.807) is 0 Å². The lowest BCUT2D eigenvalue weighted by atomic mass is 10.0. The first-order chi connectivity index (χ1) is 12.0. The van der Waals surface area contributed by atoms with E-state index in [0.717, 1.165) is 27.6 Å². The van der Waals surface area contributed by atoms with Crippen molar-refractivity contribution in [3.05, 3.63) is 71.4 Å². The zero-order chi connectivity index (χ0) is 17.8. The molecule has 2 unspecified atom stereocenters. The van der Waals surface area contributed by atoms with Gasteiger partial charge in [0, 0.05) is 23.1 Å². The number of aliphatic hydroxyl groups is 1. The van der Waals surface area contributed by atoms with Crippen molar-refractivity contribution in [3.8, 4) is 0 Å². The highest BCUT2D eigenvalue weighted by molar-refractivity contribution is 5.91. The number of H-pyrrole nitrogens is 1. The zero-order valence-corrected chi connectivity index (χ0v) is 14.6. The summed E-state index contributed by atoms with van der Waals surface area (Å²) in [5.41, 5.74) is 4.08. The molecule has 130 valence electrons. The molecule has 0 saturated heterocycles. The van der Waals surface area contributed by atoms with Crippen LogP contribution < -0.4 is 5.32 Å². The van der Waals surface area contributed by atoms with Gasteiger partial charge in [-0.3, -0.25) is 4.79 Å². The molecule has 0 spiro atoms. The van der Waals surface area contributed by atoms with E-state index in [0.29, 0.717) is 12.8 Å². The van der Waals surface area contributed by atoms with Crippen molar-refractivity contribution >= 4 is 16.8 Å². The number of aliphatic hydroxyl groups excluding tert-OH is 1. The number of carbonyl (C=O) groups is 1. The molecule has 2 atom stereocenters. The number of benzene rings is 2. The third kappa shape index (κ3) is 4.09. The monoisotopic (exact) mass is 336 g/mol. The standard InChI is InChI=1S/C21H24N2O2/c1-14-7-6-10-18-21(14)17(13-22-18)12-20(25)23-15(2)11-19(24)16-8-4-3-5-9-16/h3-10,13,15,19,22,24H,11-12H2,1-2H3,(H,23,25). The van der Waals surface area contributed by atoms with Crippen LogP contribution in [0.3, 0.4) is 0 Å². The average Bonchev–Trinajstić information content (AvgIpc) is 2.99. The maximum atomic E-state index is 12.4. The van der Waals surface area contributed by atoms with Crippen LogP contribution in [0.1, 0.15) is 36.1 Å². The number of hydrogen-bond acceptors (Lipinski definition) is 2.